The molecule has 0 saturated heterocycles. The van der Waals surface area contributed by atoms with E-state index in [4.69, 9.17) is 4.98 Å². The van der Waals surface area contributed by atoms with Gasteiger partial charge in [0.25, 0.3) is 5.56 Å². The highest BCUT2D eigenvalue weighted by atomic mass is 79.9. The Morgan fingerprint density at radius 3 is 2.75 bits per heavy atom. The van der Waals surface area contributed by atoms with Crippen LogP contribution in [0.4, 0.5) is 5.69 Å². The predicted octanol–water partition coefficient (Wildman–Crippen LogP) is 4.92. The third-order valence-corrected chi connectivity index (χ3v) is 6.44. The largest absolute Gasteiger partial charge is 0.324 e. The molecule has 1 aliphatic carbocycles. The molecule has 7 heteroatoms. The number of hydrogen-bond acceptors (Lipinski definition) is 4. The van der Waals surface area contributed by atoms with E-state index < -0.39 is 5.25 Å². The van der Waals surface area contributed by atoms with Gasteiger partial charge in [-0.05, 0) is 72.4 Å². The Kier molecular flexibility index (Phi) is 5.29. The van der Waals surface area contributed by atoms with Gasteiger partial charge in [-0.3, -0.25) is 14.2 Å². The Bertz CT molecular complexity index is 1120. The molecule has 0 radical (unpaired) electrons. The fourth-order valence-corrected chi connectivity index (χ4v) is 4.60. The number of thioether (sulfide) groups is 1. The minimum absolute atomic E-state index is 0.0236. The normalized spacial score (nSPS) is 14.8. The van der Waals surface area contributed by atoms with E-state index in [1.807, 2.05) is 56.3 Å². The quantitative estimate of drug-likeness (QED) is 0.436. The van der Waals surface area contributed by atoms with Gasteiger partial charge in [0.15, 0.2) is 5.16 Å². The molecule has 1 aromatic heterocycles. The molecule has 1 aliphatic rings. The second kappa shape index (κ2) is 7.72. The summed E-state index contributed by atoms with van der Waals surface area (Å²) in [5.41, 5.74) is 2.49. The lowest BCUT2D eigenvalue weighted by Crippen LogP contribution is -2.26. The van der Waals surface area contributed by atoms with Crippen LogP contribution in [0.25, 0.3) is 10.9 Å². The van der Waals surface area contributed by atoms with Crippen LogP contribution in [-0.2, 0) is 4.79 Å². The van der Waals surface area contributed by atoms with Crippen molar-refractivity contribution in [2.45, 2.75) is 43.1 Å². The van der Waals surface area contributed by atoms with E-state index in [-0.39, 0.29) is 17.5 Å². The smallest absolute Gasteiger partial charge is 0.262 e. The Hall–Kier alpha value is -2.12. The molecule has 1 saturated carbocycles. The zero-order valence-corrected chi connectivity index (χ0v) is 18.0. The summed E-state index contributed by atoms with van der Waals surface area (Å²) in [6.45, 7) is 3.83. The molecule has 0 aliphatic heterocycles. The molecule has 0 bridgehead atoms. The molecule has 28 heavy (non-hydrogen) atoms. The third-order valence-electron chi connectivity index (χ3n) is 4.72. The fourth-order valence-electron chi connectivity index (χ4n) is 3.03. The summed E-state index contributed by atoms with van der Waals surface area (Å²) < 4.78 is 2.61. The number of hydrogen-bond donors (Lipinski definition) is 1. The molecule has 1 N–H and O–H groups in total. The average molecular weight is 458 g/mol. The summed E-state index contributed by atoms with van der Waals surface area (Å²) in [5, 5.41) is 3.79. The van der Waals surface area contributed by atoms with Gasteiger partial charge in [0.2, 0.25) is 5.91 Å². The lowest BCUT2D eigenvalue weighted by molar-refractivity contribution is -0.115. The molecule has 144 valence electrons. The third kappa shape index (κ3) is 3.86. The minimum Gasteiger partial charge on any atom is -0.324 e. The lowest BCUT2D eigenvalue weighted by Gasteiger charge is -2.16. The summed E-state index contributed by atoms with van der Waals surface area (Å²) in [6.07, 6.45) is 1.95. The van der Waals surface area contributed by atoms with Crippen molar-refractivity contribution >= 4 is 50.2 Å². The van der Waals surface area contributed by atoms with E-state index in [9.17, 15) is 9.59 Å². The monoisotopic (exact) mass is 457 g/mol. The molecular weight excluding hydrogens is 438 g/mol. The van der Waals surface area contributed by atoms with Crippen LogP contribution < -0.4 is 10.9 Å². The number of fused-ring (bicyclic) bond motifs is 1. The van der Waals surface area contributed by atoms with Crippen molar-refractivity contribution in [3.8, 4) is 0 Å². The number of anilines is 1. The molecular formula is C21H20BrN3O2S. The first-order chi connectivity index (χ1) is 13.4. The number of nitrogens with zero attached hydrogens (tertiary/aromatic N) is 2. The highest BCUT2D eigenvalue weighted by Gasteiger charge is 2.30. The topological polar surface area (TPSA) is 64.0 Å². The number of aromatic nitrogens is 2. The van der Waals surface area contributed by atoms with E-state index in [1.165, 1.54) is 11.8 Å². The maximum atomic E-state index is 13.0. The van der Waals surface area contributed by atoms with Gasteiger partial charge in [0.1, 0.15) is 0 Å². The number of rotatable bonds is 5. The Morgan fingerprint density at radius 1 is 1.29 bits per heavy atom. The molecule has 2 aromatic carbocycles. The maximum Gasteiger partial charge on any atom is 0.262 e. The zero-order chi connectivity index (χ0) is 19.8. The average Bonchev–Trinajstić information content (AvgIpc) is 3.49. The van der Waals surface area contributed by atoms with E-state index in [0.717, 1.165) is 28.6 Å². The van der Waals surface area contributed by atoms with Gasteiger partial charge >= 0.3 is 0 Å². The van der Waals surface area contributed by atoms with Crippen LogP contribution in [0.3, 0.4) is 0 Å². The Labute approximate surface area is 175 Å². The van der Waals surface area contributed by atoms with Crippen LogP contribution in [0, 0.1) is 6.92 Å². The molecule has 1 atom stereocenters. The minimum atomic E-state index is -0.397. The van der Waals surface area contributed by atoms with Gasteiger partial charge in [-0.1, -0.05) is 30.0 Å². The zero-order valence-electron chi connectivity index (χ0n) is 15.6. The maximum absolute atomic E-state index is 13.0. The number of halogens is 1. The number of nitrogens with one attached hydrogen (secondary N) is 1. The first-order valence-electron chi connectivity index (χ1n) is 9.19. The standard InChI is InChI=1S/C21H20BrN3O2S/c1-12-7-10-18(16(22)11-12)23-19(26)13(2)28-21-24-17-6-4-3-5-15(17)20(27)25(21)14-8-9-14/h3-7,10-11,13-14H,8-9H2,1-2H3,(H,23,26). The molecule has 5 nitrogen and oxygen atoms in total. The van der Waals surface area contributed by atoms with Gasteiger partial charge < -0.3 is 5.32 Å². The molecule has 1 amide bonds. The van der Waals surface area contributed by atoms with Crippen molar-refractivity contribution in [3.63, 3.8) is 0 Å². The van der Waals surface area contributed by atoms with Gasteiger partial charge in [0, 0.05) is 10.5 Å². The van der Waals surface area contributed by atoms with Crippen LogP contribution in [0.1, 0.15) is 31.4 Å². The van der Waals surface area contributed by atoms with Crippen LogP contribution in [0.5, 0.6) is 0 Å². The number of amides is 1. The predicted molar refractivity (Wildman–Crippen MR) is 117 cm³/mol. The summed E-state index contributed by atoms with van der Waals surface area (Å²) in [6, 6.07) is 13.4. The summed E-state index contributed by atoms with van der Waals surface area (Å²) in [4.78, 5) is 30.4. The molecule has 3 aromatic rings. The first kappa shape index (κ1) is 19.2. The van der Waals surface area contributed by atoms with Crippen molar-refractivity contribution in [1.82, 2.24) is 9.55 Å². The number of para-hydroxylation sites is 1. The Balaban J connectivity index is 1.61. The van der Waals surface area contributed by atoms with Crippen molar-refractivity contribution in [1.29, 1.82) is 0 Å². The van der Waals surface area contributed by atoms with Gasteiger partial charge in [0.05, 0.1) is 21.8 Å². The SMILES string of the molecule is Cc1ccc(NC(=O)C(C)Sc2nc3ccccc3c(=O)n2C2CC2)c(Br)c1. The van der Waals surface area contributed by atoms with Gasteiger partial charge in [-0.2, -0.15) is 0 Å². The highest BCUT2D eigenvalue weighted by Crippen LogP contribution is 2.37. The van der Waals surface area contributed by atoms with Crippen molar-refractivity contribution in [2.24, 2.45) is 0 Å². The highest BCUT2D eigenvalue weighted by molar-refractivity contribution is 9.10. The van der Waals surface area contributed by atoms with Crippen molar-refractivity contribution < 1.29 is 4.79 Å². The second-order valence-electron chi connectivity index (χ2n) is 7.05. The number of carbonyl (C=O) groups is 1. The van der Waals surface area contributed by atoms with Crippen LogP contribution in [-0.4, -0.2) is 20.7 Å². The fraction of sp³-hybridized carbons (Fsp3) is 0.286. The van der Waals surface area contributed by atoms with E-state index in [0.29, 0.717) is 16.1 Å². The lowest BCUT2D eigenvalue weighted by atomic mass is 10.2. The number of carbonyl (C=O) groups excluding carboxylic acids is 1. The van der Waals surface area contributed by atoms with Gasteiger partial charge in [-0.15, -0.1) is 0 Å². The number of aryl methyl sites for hydroxylation is 1. The molecule has 1 heterocycles. The first-order valence-corrected chi connectivity index (χ1v) is 10.9. The Morgan fingerprint density at radius 2 is 2.04 bits per heavy atom. The van der Waals surface area contributed by atoms with E-state index >= 15 is 0 Å². The number of benzene rings is 2. The molecule has 0 spiro atoms. The summed E-state index contributed by atoms with van der Waals surface area (Å²) >= 11 is 4.82. The van der Waals surface area contributed by atoms with Crippen molar-refractivity contribution in [3.05, 3.63) is 62.9 Å². The molecule has 4 rings (SSSR count). The van der Waals surface area contributed by atoms with Crippen molar-refractivity contribution in [2.75, 3.05) is 5.32 Å². The van der Waals surface area contributed by atoms with E-state index in [2.05, 4.69) is 21.2 Å². The van der Waals surface area contributed by atoms with Crippen LogP contribution >= 0.6 is 27.7 Å². The van der Waals surface area contributed by atoms with Crippen LogP contribution in [0.2, 0.25) is 0 Å². The van der Waals surface area contributed by atoms with E-state index in [1.54, 1.807) is 4.57 Å². The molecule has 1 fully saturated rings. The van der Waals surface area contributed by atoms with Crippen LogP contribution in [0.15, 0.2) is 56.9 Å². The summed E-state index contributed by atoms with van der Waals surface area (Å²) in [7, 11) is 0. The van der Waals surface area contributed by atoms with Gasteiger partial charge in [-0.25, -0.2) is 4.98 Å². The second-order valence-corrected chi connectivity index (χ2v) is 9.21. The summed E-state index contributed by atoms with van der Waals surface area (Å²) in [5.74, 6) is -0.126. The molecule has 1 unspecified atom stereocenters.